The van der Waals surface area contributed by atoms with Crippen LogP contribution in [0.1, 0.15) is 51.9 Å². The Hall–Kier alpha value is -0.610. The molecule has 0 spiro atoms. The molecule has 4 nitrogen and oxygen atoms in total. The van der Waals surface area contributed by atoms with Gasteiger partial charge in [-0.15, -0.1) is 0 Å². The Morgan fingerprint density at radius 2 is 1.94 bits per heavy atom. The summed E-state index contributed by atoms with van der Waals surface area (Å²) in [7, 11) is 0. The number of carbonyl (C=O) groups is 1. The van der Waals surface area contributed by atoms with Crippen molar-refractivity contribution in [2.24, 2.45) is 0 Å². The zero-order valence-electron chi connectivity index (χ0n) is 11.3. The molecule has 2 saturated heterocycles. The molecule has 0 aliphatic carbocycles. The second kappa shape index (κ2) is 6.53. The summed E-state index contributed by atoms with van der Waals surface area (Å²) in [6.45, 7) is 4.15. The molecule has 4 heteroatoms. The van der Waals surface area contributed by atoms with Crippen LogP contribution in [0.15, 0.2) is 0 Å². The summed E-state index contributed by atoms with van der Waals surface area (Å²) in [5, 5.41) is 9.13. The minimum atomic E-state index is -0.701. The molecule has 2 aliphatic rings. The molecule has 2 aliphatic heterocycles. The number of likely N-dealkylation sites (tertiary alicyclic amines) is 1. The predicted octanol–water partition coefficient (Wildman–Crippen LogP) is 2.27. The third-order valence-corrected chi connectivity index (χ3v) is 4.19. The maximum atomic E-state index is 11.1. The fourth-order valence-corrected chi connectivity index (χ4v) is 3.22. The van der Waals surface area contributed by atoms with Gasteiger partial charge in [-0.1, -0.05) is 12.8 Å². The van der Waals surface area contributed by atoms with Gasteiger partial charge in [-0.2, -0.15) is 0 Å². The van der Waals surface area contributed by atoms with E-state index in [0.29, 0.717) is 6.10 Å². The van der Waals surface area contributed by atoms with Crippen LogP contribution in [0.2, 0.25) is 0 Å². The summed E-state index contributed by atoms with van der Waals surface area (Å²) in [4.78, 5) is 13.5. The highest BCUT2D eigenvalue weighted by Crippen LogP contribution is 2.27. The van der Waals surface area contributed by atoms with Gasteiger partial charge in [-0.05, 0) is 45.7 Å². The molecular weight excluding hydrogens is 230 g/mol. The largest absolute Gasteiger partial charge is 0.481 e. The van der Waals surface area contributed by atoms with E-state index < -0.39 is 5.97 Å². The van der Waals surface area contributed by atoms with Gasteiger partial charge in [0.05, 0.1) is 18.6 Å². The first-order chi connectivity index (χ1) is 8.66. The van der Waals surface area contributed by atoms with Gasteiger partial charge in [0.25, 0.3) is 0 Å². The Morgan fingerprint density at radius 3 is 2.44 bits per heavy atom. The van der Waals surface area contributed by atoms with E-state index in [1.54, 1.807) is 0 Å². The molecule has 1 N–H and O–H groups in total. The van der Waals surface area contributed by atoms with Crippen molar-refractivity contribution in [1.29, 1.82) is 0 Å². The number of nitrogens with zero attached hydrogens (tertiary/aromatic N) is 1. The van der Waals surface area contributed by atoms with E-state index in [1.807, 2.05) is 0 Å². The molecule has 0 amide bonds. The van der Waals surface area contributed by atoms with Crippen molar-refractivity contribution in [3.8, 4) is 0 Å². The van der Waals surface area contributed by atoms with Gasteiger partial charge in [0.1, 0.15) is 0 Å². The molecule has 0 bridgehead atoms. The normalized spacial score (nSPS) is 32.1. The Morgan fingerprint density at radius 1 is 1.28 bits per heavy atom. The molecule has 2 rings (SSSR count). The van der Waals surface area contributed by atoms with E-state index >= 15 is 0 Å². The summed E-state index contributed by atoms with van der Waals surface area (Å²) in [6.07, 6.45) is 7.64. The van der Waals surface area contributed by atoms with Gasteiger partial charge in [-0.3, -0.25) is 9.69 Å². The molecule has 0 aromatic carbocycles. The molecule has 0 aromatic rings. The first kappa shape index (κ1) is 13.8. The van der Waals surface area contributed by atoms with Crippen molar-refractivity contribution < 1.29 is 14.6 Å². The number of hydrogen-bond donors (Lipinski definition) is 1. The zero-order chi connectivity index (χ0) is 13.0. The highest BCUT2D eigenvalue weighted by Gasteiger charge is 2.34. The quantitative estimate of drug-likeness (QED) is 0.837. The monoisotopic (exact) mass is 255 g/mol. The van der Waals surface area contributed by atoms with E-state index in [0.717, 1.165) is 25.9 Å². The first-order valence-corrected chi connectivity index (χ1v) is 7.28. The molecule has 18 heavy (non-hydrogen) atoms. The molecular formula is C14H25NO3. The lowest BCUT2D eigenvalue weighted by molar-refractivity contribution is -0.140. The SMILES string of the molecule is CC1CCC(C(CC(=O)O)N2CCCCCC2)O1. The topological polar surface area (TPSA) is 49.8 Å². The third-order valence-electron chi connectivity index (χ3n) is 4.19. The van der Waals surface area contributed by atoms with E-state index in [9.17, 15) is 4.79 Å². The second-order valence-electron chi connectivity index (χ2n) is 5.68. The van der Waals surface area contributed by atoms with Crippen molar-refractivity contribution in [1.82, 2.24) is 4.90 Å². The van der Waals surface area contributed by atoms with Crippen LogP contribution in [0.4, 0.5) is 0 Å². The number of rotatable bonds is 4. The highest BCUT2D eigenvalue weighted by molar-refractivity contribution is 5.67. The zero-order valence-corrected chi connectivity index (χ0v) is 11.3. The molecule has 0 aromatic heterocycles. The standard InChI is InChI=1S/C14H25NO3/c1-11-6-7-13(18-11)12(10-14(16)17)15-8-4-2-3-5-9-15/h11-13H,2-10H2,1H3,(H,16,17). The summed E-state index contributed by atoms with van der Waals surface area (Å²) >= 11 is 0. The summed E-state index contributed by atoms with van der Waals surface area (Å²) in [6, 6.07) is 0.0746. The number of carboxylic acids is 1. The molecule has 2 heterocycles. The van der Waals surface area contributed by atoms with Crippen molar-refractivity contribution in [3.05, 3.63) is 0 Å². The Kier molecular flexibility index (Phi) is 5.01. The van der Waals surface area contributed by atoms with Crippen molar-refractivity contribution in [2.75, 3.05) is 13.1 Å². The molecule has 3 unspecified atom stereocenters. The summed E-state index contributed by atoms with van der Waals surface area (Å²) in [5.74, 6) is -0.701. The van der Waals surface area contributed by atoms with Gasteiger partial charge in [0.15, 0.2) is 0 Å². The summed E-state index contributed by atoms with van der Waals surface area (Å²) < 4.78 is 5.91. The average molecular weight is 255 g/mol. The molecule has 0 radical (unpaired) electrons. The Balaban J connectivity index is 2.00. The number of hydrogen-bond acceptors (Lipinski definition) is 3. The molecule has 3 atom stereocenters. The van der Waals surface area contributed by atoms with Crippen molar-refractivity contribution >= 4 is 5.97 Å². The number of ether oxygens (including phenoxy) is 1. The fraction of sp³-hybridized carbons (Fsp3) is 0.929. The molecule has 2 fully saturated rings. The van der Waals surface area contributed by atoms with Crippen LogP contribution in [0.25, 0.3) is 0 Å². The van der Waals surface area contributed by atoms with E-state index in [1.165, 1.54) is 25.7 Å². The molecule has 104 valence electrons. The van der Waals surface area contributed by atoms with E-state index in [-0.39, 0.29) is 18.6 Å². The maximum Gasteiger partial charge on any atom is 0.305 e. The third kappa shape index (κ3) is 3.69. The second-order valence-corrected chi connectivity index (χ2v) is 5.68. The number of aliphatic carboxylic acids is 1. The van der Waals surface area contributed by atoms with Crippen molar-refractivity contribution in [2.45, 2.75) is 70.1 Å². The molecule has 0 saturated carbocycles. The van der Waals surface area contributed by atoms with Gasteiger partial charge in [-0.25, -0.2) is 0 Å². The lowest BCUT2D eigenvalue weighted by Crippen LogP contribution is -2.45. The van der Waals surface area contributed by atoms with E-state index in [2.05, 4.69) is 11.8 Å². The first-order valence-electron chi connectivity index (χ1n) is 7.28. The van der Waals surface area contributed by atoms with Crippen LogP contribution in [0.5, 0.6) is 0 Å². The van der Waals surface area contributed by atoms with Crippen molar-refractivity contribution in [3.63, 3.8) is 0 Å². The number of carboxylic acid groups (broad SMARTS) is 1. The van der Waals surface area contributed by atoms with Crippen LogP contribution >= 0.6 is 0 Å². The average Bonchev–Trinajstić information content (AvgIpc) is 2.60. The predicted molar refractivity (Wildman–Crippen MR) is 69.7 cm³/mol. The van der Waals surface area contributed by atoms with Gasteiger partial charge in [0, 0.05) is 6.04 Å². The van der Waals surface area contributed by atoms with Crippen LogP contribution < -0.4 is 0 Å². The minimum absolute atomic E-state index is 0.0746. The van der Waals surface area contributed by atoms with Crippen LogP contribution in [-0.4, -0.2) is 47.3 Å². The van der Waals surface area contributed by atoms with Crippen LogP contribution in [-0.2, 0) is 9.53 Å². The van der Waals surface area contributed by atoms with Crippen LogP contribution in [0, 0.1) is 0 Å². The summed E-state index contributed by atoms with van der Waals surface area (Å²) in [5.41, 5.74) is 0. The minimum Gasteiger partial charge on any atom is -0.481 e. The van der Waals surface area contributed by atoms with E-state index in [4.69, 9.17) is 9.84 Å². The van der Waals surface area contributed by atoms with Gasteiger partial charge in [0.2, 0.25) is 0 Å². The highest BCUT2D eigenvalue weighted by atomic mass is 16.5. The Bertz CT molecular complexity index is 274. The maximum absolute atomic E-state index is 11.1. The lowest BCUT2D eigenvalue weighted by Gasteiger charge is -2.33. The smallest absolute Gasteiger partial charge is 0.305 e. The fourth-order valence-electron chi connectivity index (χ4n) is 3.22. The van der Waals surface area contributed by atoms with Gasteiger partial charge >= 0.3 is 5.97 Å². The van der Waals surface area contributed by atoms with Crippen LogP contribution in [0.3, 0.4) is 0 Å². The lowest BCUT2D eigenvalue weighted by atomic mass is 10.0. The van der Waals surface area contributed by atoms with Gasteiger partial charge < -0.3 is 9.84 Å². The Labute approximate surface area is 109 Å².